The van der Waals surface area contributed by atoms with Crippen LogP contribution in [-0.4, -0.2) is 22.8 Å². The largest absolute Gasteiger partial charge is 0.295 e. The number of piperidine rings is 1. The number of halogens is 4. The van der Waals surface area contributed by atoms with Crippen molar-refractivity contribution >= 4 is 31.9 Å². The van der Waals surface area contributed by atoms with Gasteiger partial charge in [0.2, 0.25) is 0 Å². The molecule has 0 aromatic heterocycles. The number of likely N-dealkylation sites (tertiary alicyclic amines) is 1. The standard InChI is InChI=1S/C13H15Br2F2N/c14-7-9-3-1-2-6-18(9)8-10-12(16)5-4-11(15)13(10)17/h4-5,9H,1-3,6-8H2. The molecule has 0 aliphatic carbocycles. The molecule has 0 spiro atoms. The summed E-state index contributed by atoms with van der Waals surface area (Å²) in [6, 6.07) is 3.10. The fraction of sp³-hybridized carbons (Fsp3) is 0.538. The SMILES string of the molecule is Fc1ccc(Br)c(F)c1CN1CCCCC1CBr. The molecular formula is C13H15Br2F2N. The van der Waals surface area contributed by atoms with Crippen molar-refractivity contribution in [2.75, 3.05) is 11.9 Å². The number of alkyl halides is 1. The minimum absolute atomic E-state index is 0.164. The lowest BCUT2D eigenvalue weighted by Gasteiger charge is -2.34. The number of rotatable bonds is 3. The van der Waals surface area contributed by atoms with Gasteiger partial charge in [-0.25, -0.2) is 8.78 Å². The number of hydrogen-bond donors (Lipinski definition) is 0. The maximum Gasteiger partial charge on any atom is 0.144 e. The van der Waals surface area contributed by atoms with Crippen molar-refractivity contribution in [2.45, 2.75) is 31.8 Å². The molecule has 0 N–H and O–H groups in total. The Morgan fingerprint density at radius 3 is 2.78 bits per heavy atom. The van der Waals surface area contributed by atoms with Crippen LogP contribution in [0.4, 0.5) is 8.78 Å². The molecule has 0 bridgehead atoms. The lowest BCUT2D eigenvalue weighted by molar-refractivity contribution is 0.153. The molecule has 1 nitrogen and oxygen atoms in total. The first-order valence-corrected chi connectivity index (χ1v) is 7.97. The summed E-state index contributed by atoms with van der Waals surface area (Å²) < 4.78 is 28.0. The maximum atomic E-state index is 13.9. The highest BCUT2D eigenvalue weighted by atomic mass is 79.9. The highest BCUT2D eigenvalue weighted by molar-refractivity contribution is 9.10. The van der Waals surface area contributed by atoms with Gasteiger partial charge in [-0.1, -0.05) is 22.4 Å². The molecule has 2 rings (SSSR count). The Morgan fingerprint density at radius 1 is 1.28 bits per heavy atom. The zero-order valence-corrected chi connectivity index (χ0v) is 13.1. The van der Waals surface area contributed by atoms with E-state index >= 15 is 0 Å². The predicted octanol–water partition coefficient (Wildman–Crippen LogP) is 4.48. The maximum absolute atomic E-state index is 13.9. The molecule has 100 valence electrons. The molecule has 1 atom stereocenters. The van der Waals surface area contributed by atoms with Crippen LogP contribution < -0.4 is 0 Å². The molecule has 0 saturated carbocycles. The molecule has 1 heterocycles. The van der Waals surface area contributed by atoms with Crippen molar-refractivity contribution < 1.29 is 8.78 Å². The van der Waals surface area contributed by atoms with Crippen LogP contribution in [0.15, 0.2) is 16.6 Å². The third kappa shape index (κ3) is 3.11. The van der Waals surface area contributed by atoms with E-state index < -0.39 is 11.6 Å². The van der Waals surface area contributed by atoms with Gasteiger partial charge in [-0.05, 0) is 47.4 Å². The van der Waals surface area contributed by atoms with Crippen molar-refractivity contribution in [1.29, 1.82) is 0 Å². The highest BCUT2D eigenvalue weighted by Gasteiger charge is 2.24. The van der Waals surface area contributed by atoms with Crippen LogP contribution in [0.3, 0.4) is 0 Å². The van der Waals surface area contributed by atoms with Crippen LogP contribution in [0.1, 0.15) is 24.8 Å². The molecule has 1 saturated heterocycles. The predicted molar refractivity (Wildman–Crippen MR) is 75.9 cm³/mol. The second-order valence-electron chi connectivity index (χ2n) is 4.60. The molecule has 1 fully saturated rings. The summed E-state index contributed by atoms with van der Waals surface area (Å²) in [5, 5.41) is 0.851. The van der Waals surface area contributed by atoms with Gasteiger partial charge >= 0.3 is 0 Å². The molecule has 5 heteroatoms. The fourth-order valence-electron chi connectivity index (χ4n) is 2.36. The Bertz CT molecular complexity index is 426. The van der Waals surface area contributed by atoms with Crippen LogP contribution >= 0.6 is 31.9 Å². The van der Waals surface area contributed by atoms with Gasteiger partial charge in [-0.15, -0.1) is 0 Å². The summed E-state index contributed by atoms with van der Waals surface area (Å²) >= 11 is 6.59. The van der Waals surface area contributed by atoms with E-state index in [0.717, 1.165) is 24.7 Å². The first-order chi connectivity index (χ1) is 8.63. The lowest BCUT2D eigenvalue weighted by atomic mass is 10.0. The van der Waals surface area contributed by atoms with Gasteiger partial charge in [0.15, 0.2) is 0 Å². The molecule has 1 aromatic rings. The summed E-state index contributed by atoms with van der Waals surface area (Å²) in [5.41, 5.74) is 0.164. The van der Waals surface area contributed by atoms with Gasteiger partial charge in [-0.3, -0.25) is 4.90 Å². The van der Waals surface area contributed by atoms with Crippen LogP contribution in [0.25, 0.3) is 0 Å². The molecule has 0 radical (unpaired) electrons. The van der Waals surface area contributed by atoms with Crippen LogP contribution in [-0.2, 0) is 6.54 Å². The van der Waals surface area contributed by atoms with E-state index in [1.807, 2.05) is 0 Å². The van der Waals surface area contributed by atoms with Crippen molar-refractivity contribution in [3.8, 4) is 0 Å². The molecule has 1 aromatic carbocycles. The summed E-state index contributed by atoms with van der Waals surface area (Å²) in [7, 11) is 0. The summed E-state index contributed by atoms with van der Waals surface area (Å²) in [4.78, 5) is 2.16. The Kier molecular flexibility index (Phi) is 5.15. The molecular weight excluding hydrogens is 368 g/mol. The second-order valence-corrected chi connectivity index (χ2v) is 6.10. The van der Waals surface area contributed by atoms with Gasteiger partial charge in [0.25, 0.3) is 0 Å². The zero-order valence-electron chi connectivity index (χ0n) is 9.93. The Morgan fingerprint density at radius 2 is 2.06 bits per heavy atom. The van der Waals surface area contributed by atoms with E-state index in [1.165, 1.54) is 18.6 Å². The van der Waals surface area contributed by atoms with E-state index in [1.54, 1.807) is 0 Å². The molecule has 18 heavy (non-hydrogen) atoms. The van der Waals surface area contributed by atoms with Gasteiger partial charge in [0.1, 0.15) is 11.6 Å². The average Bonchev–Trinajstić information content (AvgIpc) is 2.39. The quantitative estimate of drug-likeness (QED) is 0.550. The van der Waals surface area contributed by atoms with E-state index in [2.05, 4.69) is 36.8 Å². The number of nitrogens with zero attached hydrogens (tertiary/aromatic N) is 1. The van der Waals surface area contributed by atoms with E-state index in [9.17, 15) is 8.78 Å². The summed E-state index contributed by atoms with van der Waals surface area (Å²) in [5.74, 6) is -0.941. The Labute approximate surface area is 123 Å². The Hall–Kier alpha value is -0.000000000000000111. The molecule has 0 amide bonds. The van der Waals surface area contributed by atoms with Crippen LogP contribution in [0, 0.1) is 11.6 Å². The molecule has 1 aliphatic heterocycles. The highest BCUT2D eigenvalue weighted by Crippen LogP contribution is 2.26. The Balaban J connectivity index is 2.20. The van der Waals surface area contributed by atoms with Crippen LogP contribution in [0.5, 0.6) is 0 Å². The van der Waals surface area contributed by atoms with Gasteiger partial charge < -0.3 is 0 Å². The van der Waals surface area contributed by atoms with Crippen LogP contribution in [0.2, 0.25) is 0 Å². The first kappa shape index (κ1) is 14.4. The fourth-order valence-corrected chi connectivity index (χ4v) is 3.46. The average molecular weight is 383 g/mol. The topological polar surface area (TPSA) is 3.24 Å². The molecule has 1 aliphatic rings. The van der Waals surface area contributed by atoms with Crippen molar-refractivity contribution in [3.05, 3.63) is 33.8 Å². The van der Waals surface area contributed by atoms with Gasteiger partial charge in [0.05, 0.1) is 4.47 Å². The minimum Gasteiger partial charge on any atom is -0.295 e. The summed E-state index contributed by atoms with van der Waals surface area (Å²) in [6.07, 6.45) is 3.37. The molecule has 1 unspecified atom stereocenters. The first-order valence-electron chi connectivity index (χ1n) is 6.06. The van der Waals surface area contributed by atoms with Crippen molar-refractivity contribution in [1.82, 2.24) is 4.90 Å². The van der Waals surface area contributed by atoms with Crippen molar-refractivity contribution in [3.63, 3.8) is 0 Å². The second kappa shape index (κ2) is 6.44. The van der Waals surface area contributed by atoms with E-state index in [0.29, 0.717) is 17.1 Å². The summed E-state index contributed by atoms with van der Waals surface area (Å²) in [6.45, 7) is 1.25. The van der Waals surface area contributed by atoms with E-state index in [-0.39, 0.29) is 5.56 Å². The third-order valence-electron chi connectivity index (χ3n) is 3.43. The van der Waals surface area contributed by atoms with Crippen molar-refractivity contribution in [2.24, 2.45) is 0 Å². The smallest absolute Gasteiger partial charge is 0.144 e. The zero-order chi connectivity index (χ0) is 13.1. The minimum atomic E-state index is -0.478. The van der Waals surface area contributed by atoms with E-state index in [4.69, 9.17) is 0 Å². The van der Waals surface area contributed by atoms with Gasteiger partial charge in [-0.2, -0.15) is 0 Å². The normalized spacial score (nSPS) is 21.2. The number of hydrogen-bond acceptors (Lipinski definition) is 1. The van der Waals surface area contributed by atoms with Gasteiger partial charge in [0, 0.05) is 23.5 Å². The monoisotopic (exact) mass is 381 g/mol. The third-order valence-corrected chi connectivity index (χ3v) is 4.79. The lowest BCUT2D eigenvalue weighted by Crippen LogP contribution is -2.40. The number of benzene rings is 1.